The first-order chi connectivity index (χ1) is 18.5. The molecule has 214 valence electrons. The van der Waals surface area contributed by atoms with Gasteiger partial charge in [0.1, 0.15) is 11.4 Å². The van der Waals surface area contributed by atoms with Gasteiger partial charge in [-0.2, -0.15) is 18.2 Å². The van der Waals surface area contributed by atoms with E-state index in [9.17, 15) is 18.0 Å². The number of hydrogen-bond acceptors (Lipinski definition) is 7. The van der Waals surface area contributed by atoms with Gasteiger partial charge in [-0.15, -0.1) is 0 Å². The molecule has 0 spiro atoms. The van der Waals surface area contributed by atoms with Gasteiger partial charge in [-0.25, -0.2) is 4.98 Å². The maximum atomic E-state index is 13.7. The molecule has 4 rings (SSSR count). The van der Waals surface area contributed by atoms with Crippen LogP contribution in [0, 0.1) is 5.92 Å². The lowest BCUT2D eigenvalue weighted by molar-refractivity contribution is -0.137. The molecule has 1 saturated heterocycles. The molecule has 1 aromatic heterocycles. The van der Waals surface area contributed by atoms with Crippen molar-refractivity contribution < 1.29 is 22.8 Å². The number of aromatic nitrogens is 2. The molecule has 1 saturated carbocycles. The second kappa shape index (κ2) is 13.6. The maximum absolute atomic E-state index is 13.7. The van der Waals surface area contributed by atoms with Gasteiger partial charge < -0.3 is 26.2 Å². The fourth-order valence-corrected chi connectivity index (χ4v) is 4.95. The number of rotatable bonds is 8. The Morgan fingerprint density at radius 3 is 2.41 bits per heavy atom. The summed E-state index contributed by atoms with van der Waals surface area (Å²) < 4.78 is 41.1. The van der Waals surface area contributed by atoms with Gasteiger partial charge in [0.25, 0.3) is 0 Å². The van der Waals surface area contributed by atoms with Crippen LogP contribution in [0.25, 0.3) is 0 Å². The molecule has 2 aliphatic rings. The van der Waals surface area contributed by atoms with E-state index in [1.54, 1.807) is 7.05 Å². The quantitative estimate of drug-likeness (QED) is 0.367. The maximum Gasteiger partial charge on any atom is 0.421 e. The highest BCUT2D eigenvalue weighted by Gasteiger charge is 2.39. The van der Waals surface area contributed by atoms with Gasteiger partial charge in [-0.3, -0.25) is 9.59 Å². The van der Waals surface area contributed by atoms with E-state index in [4.69, 9.17) is 4.79 Å². The summed E-state index contributed by atoms with van der Waals surface area (Å²) in [6.07, 6.45) is -0.120. The number of alkyl halides is 3. The van der Waals surface area contributed by atoms with Gasteiger partial charge in [-0.05, 0) is 70.3 Å². The number of nitrogens with one attached hydrogen (secondary N) is 4. The van der Waals surface area contributed by atoms with E-state index in [1.807, 2.05) is 38.1 Å². The fourth-order valence-electron chi connectivity index (χ4n) is 4.95. The summed E-state index contributed by atoms with van der Waals surface area (Å²) in [5.74, 6) is -0.319. The van der Waals surface area contributed by atoms with Gasteiger partial charge >= 0.3 is 6.18 Å². The number of anilines is 3. The smallest absolute Gasteiger partial charge is 0.366 e. The van der Waals surface area contributed by atoms with Crippen LogP contribution < -0.4 is 21.3 Å². The highest BCUT2D eigenvalue weighted by Crippen LogP contribution is 2.37. The summed E-state index contributed by atoms with van der Waals surface area (Å²) in [6, 6.07) is 7.39. The van der Waals surface area contributed by atoms with E-state index in [0.29, 0.717) is 30.9 Å². The second-order valence-electron chi connectivity index (χ2n) is 10.3. The fraction of sp³-hybridized carbons (Fsp3) is 0.556. The molecule has 12 heteroatoms. The van der Waals surface area contributed by atoms with Crippen LogP contribution in [-0.4, -0.2) is 66.5 Å². The number of halogens is 3. The molecule has 3 unspecified atom stereocenters. The molecule has 0 bridgehead atoms. The van der Waals surface area contributed by atoms with E-state index in [-0.39, 0.29) is 23.7 Å². The average molecular weight is 550 g/mol. The summed E-state index contributed by atoms with van der Waals surface area (Å²) in [6.45, 7) is 5.80. The molecule has 2 fully saturated rings. The lowest BCUT2D eigenvalue weighted by Crippen LogP contribution is -2.41. The van der Waals surface area contributed by atoms with Crippen molar-refractivity contribution in [3.63, 3.8) is 0 Å². The monoisotopic (exact) mass is 549 g/mol. The molecule has 2 heterocycles. The number of amides is 2. The van der Waals surface area contributed by atoms with Gasteiger partial charge in [0.15, 0.2) is 0 Å². The van der Waals surface area contributed by atoms with Crippen molar-refractivity contribution in [1.82, 2.24) is 25.5 Å². The molecular weight excluding hydrogens is 511 g/mol. The van der Waals surface area contributed by atoms with Crippen LogP contribution in [0.3, 0.4) is 0 Å². The first-order valence-corrected chi connectivity index (χ1v) is 13.2. The average Bonchev–Trinajstić information content (AvgIpc) is 3.53. The Balaban J connectivity index is 0.000000983. The van der Waals surface area contributed by atoms with Crippen molar-refractivity contribution in [2.24, 2.45) is 5.92 Å². The first-order valence-electron chi connectivity index (χ1n) is 13.2. The first kappa shape index (κ1) is 30.1. The third-order valence-corrected chi connectivity index (χ3v) is 6.85. The third kappa shape index (κ3) is 8.54. The van der Waals surface area contributed by atoms with Gasteiger partial charge in [-0.1, -0.05) is 18.6 Å². The van der Waals surface area contributed by atoms with Crippen molar-refractivity contribution in [1.29, 1.82) is 0 Å². The number of carbonyl (C=O) groups is 2. The largest absolute Gasteiger partial charge is 0.421 e. The molecule has 1 aliphatic heterocycles. The third-order valence-electron chi connectivity index (χ3n) is 6.85. The van der Waals surface area contributed by atoms with E-state index < -0.39 is 23.7 Å². The van der Waals surface area contributed by atoms with E-state index in [1.165, 1.54) is 5.56 Å². The molecule has 4 N–H and O–H groups in total. The molecule has 39 heavy (non-hydrogen) atoms. The van der Waals surface area contributed by atoms with Crippen molar-refractivity contribution in [2.45, 2.75) is 63.7 Å². The molecule has 2 aromatic rings. The predicted octanol–water partition coefficient (Wildman–Crippen LogP) is 4.13. The minimum absolute atomic E-state index is 0.0368. The Bertz CT molecular complexity index is 1100. The number of benzene rings is 1. The Morgan fingerprint density at radius 2 is 1.85 bits per heavy atom. The zero-order chi connectivity index (χ0) is 28.6. The summed E-state index contributed by atoms with van der Waals surface area (Å²) in [5.41, 5.74) is 0.988. The lowest BCUT2D eigenvalue weighted by Gasteiger charge is -2.24. The Morgan fingerprint density at radius 1 is 1.15 bits per heavy atom. The Labute approximate surface area is 227 Å². The molecule has 0 radical (unpaired) electrons. The lowest BCUT2D eigenvalue weighted by atomic mass is 9.98. The number of nitrogens with zero attached hydrogens (tertiary/aromatic N) is 3. The van der Waals surface area contributed by atoms with Crippen molar-refractivity contribution in [3.05, 3.63) is 41.6 Å². The van der Waals surface area contributed by atoms with E-state index in [2.05, 4.69) is 43.2 Å². The van der Waals surface area contributed by atoms with Gasteiger partial charge in [0.2, 0.25) is 18.3 Å². The van der Waals surface area contributed by atoms with Gasteiger partial charge in [0, 0.05) is 37.6 Å². The van der Waals surface area contributed by atoms with Crippen molar-refractivity contribution >= 4 is 29.8 Å². The summed E-state index contributed by atoms with van der Waals surface area (Å²) >= 11 is 0. The van der Waals surface area contributed by atoms with Crippen molar-refractivity contribution in [2.75, 3.05) is 37.8 Å². The molecular formula is C27H38F3N7O2. The van der Waals surface area contributed by atoms with Crippen LogP contribution >= 0.6 is 0 Å². The minimum Gasteiger partial charge on any atom is -0.366 e. The zero-order valence-electron chi connectivity index (χ0n) is 22.8. The van der Waals surface area contributed by atoms with Crippen LogP contribution in [0.2, 0.25) is 0 Å². The summed E-state index contributed by atoms with van der Waals surface area (Å²) in [4.78, 5) is 32.0. The zero-order valence-corrected chi connectivity index (χ0v) is 22.8. The van der Waals surface area contributed by atoms with Crippen LogP contribution in [0.1, 0.15) is 56.6 Å². The number of carbonyl (C=O) groups excluding carboxylic acids is 2. The summed E-state index contributed by atoms with van der Waals surface area (Å²) in [5, 5.41) is 11.1. The number of likely N-dealkylation sites (N-methyl/N-ethyl adjacent to an activating group) is 1. The normalized spacial score (nSPS) is 21.2. The highest BCUT2D eigenvalue weighted by molar-refractivity contribution is 5.80. The predicted molar refractivity (Wildman–Crippen MR) is 145 cm³/mol. The second-order valence-corrected chi connectivity index (χ2v) is 10.3. The van der Waals surface area contributed by atoms with Crippen LogP contribution in [0.15, 0.2) is 30.5 Å². The Hall–Kier alpha value is -3.41. The molecule has 2 amide bonds. The molecule has 3 atom stereocenters. The van der Waals surface area contributed by atoms with E-state index >= 15 is 0 Å². The SMILES string of the molecule is CC(C)NC(=O)C1CCCC1Nc1nc(Nc2ccc(C3CCN(C)C3)cc2)ncc1C(F)(F)F.CNC=O. The van der Waals surface area contributed by atoms with Crippen LogP contribution in [0.5, 0.6) is 0 Å². The standard InChI is InChI=1S/C25H33F3N6O.C2H5NO/c1-15(2)30-23(35)19-5-4-6-21(19)32-22-20(25(26,27)28)13-29-24(33-22)31-18-9-7-16(8-10-18)17-11-12-34(3)14-17;1-3-2-4/h7-10,13,15,17,19,21H,4-6,11-12,14H2,1-3H3,(H,30,35)(H2,29,31,32,33);2H,1H3,(H,3,4). The molecule has 9 nitrogen and oxygen atoms in total. The number of hydrogen-bond donors (Lipinski definition) is 4. The topological polar surface area (TPSA) is 111 Å². The van der Waals surface area contributed by atoms with E-state index in [0.717, 1.165) is 32.1 Å². The molecule has 1 aromatic carbocycles. The Kier molecular flexibility index (Phi) is 10.5. The summed E-state index contributed by atoms with van der Waals surface area (Å²) in [7, 11) is 3.67. The number of likely N-dealkylation sites (tertiary alicyclic amines) is 1. The van der Waals surface area contributed by atoms with Crippen LogP contribution in [0.4, 0.5) is 30.6 Å². The highest BCUT2D eigenvalue weighted by atomic mass is 19.4. The van der Waals surface area contributed by atoms with Crippen LogP contribution in [-0.2, 0) is 15.8 Å². The minimum atomic E-state index is -4.62. The van der Waals surface area contributed by atoms with Crippen molar-refractivity contribution in [3.8, 4) is 0 Å². The molecule has 1 aliphatic carbocycles. The van der Waals surface area contributed by atoms with Gasteiger partial charge in [0.05, 0.1) is 5.92 Å².